The molecule has 1 atom stereocenters. The van der Waals surface area contributed by atoms with Crippen molar-refractivity contribution in [2.24, 2.45) is 5.92 Å². The van der Waals surface area contributed by atoms with E-state index in [1.807, 2.05) is 13.8 Å². The van der Waals surface area contributed by atoms with E-state index in [2.05, 4.69) is 4.72 Å². The van der Waals surface area contributed by atoms with Crippen LogP contribution in [-0.4, -0.2) is 14.5 Å². The van der Waals surface area contributed by atoms with Gasteiger partial charge in [-0.3, -0.25) is 0 Å². The molecule has 1 aromatic rings. The highest BCUT2D eigenvalue weighted by Crippen LogP contribution is 2.16. The Morgan fingerprint density at radius 2 is 1.79 bits per heavy atom. The van der Waals surface area contributed by atoms with Crippen molar-refractivity contribution in [3.8, 4) is 0 Å². The molecule has 1 rings (SSSR count). The zero-order chi connectivity index (χ0) is 14.6. The normalized spacial score (nSPS) is 13.8. The summed E-state index contributed by atoms with van der Waals surface area (Å²) in [6, 6.07) is 2.13. The van der Waals surface area contributed by atoms with Crippen LogP contribution in [0.1, 0.15) is 33.6 Å². The van der Waals surface area contributed by atoms with Crippen LogP contribution in [0.3, 0.4) is 0 Å². The van der Waals surface area contributed by atoms with E-state index in [0.717, 1.165) is 18.6 Å². The van der Waals surface area contributed by atoms with Crippen LogP contribution in [0, 0.1) is 17.6 Å². The fourth-order valence-electron chi connectivity index (χ4n) is 1.66. The molecule has 0 saturated heterocycles. The highest BCUT2D eigenvalue weighted by atomic mass is 32.2. The Hall–Kier alpha value is -1.01. The molecule has 0 heterocycles. The average molecular weight is 291 g/mol. The fourth-order valence-corrected chi connectivity index (χ4v) is 3.00. The standard InChI is InChI=1S/C13H19F2NO2S/c1-9(2)4-5-10(3)16-19(17,18)13-7-6-11(14)8-12(13)15/h6-10,16H,4-5H2,1-3H3. The minimum Gasteiger partial charge on any atom is -0.208 e. The van der Waals surface area contributed by atoms with Crippen molar-refractivity contribution < 1.29 is 17.2 Å². The van der Waals surface area contributed by atoms with E-state index in [1.54, 1.807) is 6.92 Å². The second-order valence-corrected chi connectivity index (χ2v) is 6.75. The molecule has 0 aliphatic heterocycles. The van der Waals surface area contributed by atoms with E-state index in [0.29, 0.717) is 18.4 Å². The van der Waals surface area contributed by atoms with Gasteiger partial charge in [0.05, 0.1) is 0 Å². The van der Waals surface area contributed by atoms with Crippen LogP contribution in [-0.2, 0) is 10.0 Å². The first-order chi connectivity index (χ1) is 8.72. The molecule has 0 bridgehead atoms. The lowest BCUT2D eigenvalue weighted by Gasteiger charge is -2.15. The van der Waals surface area contributed by atoms with Gasteiger partial charge < -0.3 is 0 Å². The minimum absolute atomic E-state index is 0.295. The molecule has 0 aliphatic carbocycles. The average Bonchev–Trinajstić information content (AvgIpc) is 2.25. The van der Waals surface area contributed by atoms with Gasteiger partial charge in [-0.1, -0.05) is 13.8 Å². The molecule has 0 amide bonds. The first-order valence-corrected chi connectivity index (χ1v) is 7.68. The molecule has 19 heavy (non-hydrogen) atoms. The van der Waals surface area contributed by atoms with E-state index in [1.165, 1.54) is 0 Å². The largest absolute Gasteiger partial charge is 0.243 e. The first kappa shape index (κ1) is 16.0. The van der Waals surface area contributed by atoms with Gasteiger partial charge in [0.15, 0.2) is 0 Å². The van der Waals surface area contributed by atoms with Gasteiger partial charge in [0, 0.05) is 12.1 Å². The van der Waals surface area contributed by atoms with Crippen LogP contribution < -0.4 is 4.72 Å². The predicted molar refractivity (Wildman–Crippen MR) is 70.2 cm³/mol. The van der Waals surface area contributed by atoms with E-state index in [4.69, 9.17) is 0 Å². The van der Waals surface area contributed by atoms with Gasteiger partial charge in [-0.2, -0.15) is 0 Å². The summed E-state index contributed by atoms with van der Waals surface area (Å²) in [5.41, 5.74) is 0. The summed E-state index contributed by atoms with van der Waals surface area (Å²) >= 11 is 0. The molecule has 0 saturated carbocycles. The zero-order valence-corrected chi connectivity index (χ0v) is 12.1. The van der Waals surface area contributed by atoms with E-state index in [9.17, 15) is 17.2 Å². The van der Waals surface area contributed by atoms with Crippen LogP contribution in [0.25, 0.3) is 0 Å². The smallest absolute Gasteiger partial charge is 0.208 e. The van der Waals surface area contributed by atoms with Gasteiger partial charge in [-0.15, -0.1) is 0 Å². The molecule has 0 aromatic heterocycles. The van der Waals surface area contributed by atoms with Crippen molar-refractivity contribution in [2.45, 2.75) is 44.6 Å². The maximum Gasteiger partial charge on any atom is 0.243 e. The SMILES string of the molecule is CC(C)CCC(C)NS(=O)(=O)c1ccc(F)cc1F. The van der Waals surface area contributed by atoms with Crippen LogP contribution in [0.15, 0.2) is 23.1 Å². The number of nitrogens with one attached hydrogen (secondary N) is 1. The quantitative estimate of drug-likeness (QED) is 0.875. The van der Waals surface area contributed by atoms with Gasteiger partial charge >= 0.3 is 0 Å². The molecular weight excluding hydrogens is 272 g/mol. The summed E-state index contributed by atoms with van der Waals surface area (Å²) in [6.07, 6.45) is 1.54. The number of hydrogen-bond donors (Lipinski definition) is 1. The monoisotopic (exact) mass is 291 g/mol. The number of rotatable bonds is 6. The van der Waals surface area contributed by atoms with Crippen molar-refractivity contribution in [2.75, 3.05) is 0 Å². The van der Waals surface area contributed by atoms with Crippen molar-refractivity contribution in [1.29, 1.82) is 0 Å². The molecular formula is C13H19F2NO2S. The van der Waals surface area contributed by atoms with E-state index in [-0.39, 0.29) is 6.04 Å². The second kappa shape index (κ2) is 6.43. The molecule has 6 heteroatoms. The lowest BCUT2D eigenvalue weighted by Crippen LogP contribution is -2.33. The number of hydrogen-bond acceptors (Lipinski definition) is 2. The highest BCUT2D eigenvalue weighted by Gasteiger charge is 2.21. The van der Waals surface area contributed by atoms with Crippen LogP contribution in [0.4, 0.5) is 8.78 Å². The molecule has 1 N–H and O–H groups in total. The van der Waals surface area contributed by atoms with Crippen LogP contribution in [0.2, 0.25) is 0 Å². The maximum atomic E-state index is 13.5. The molecule has 0 fully saturated rings. The number of halogens is 2. The lowest BCUT2D eigenvalue weighted by atomic mass is 10.1. The third-order valence-corrected chi connectivity index (χ3v) is 4.34. The van der Waals surface area contributed by atoms with Crippen molar-refractivity contribution in [1.82, 2.24) is 4.72 Å². The Morgan fingerprint density at radius 3 is 2.32 bits per heavy atom. The van der Waals surface area contributed by atoms with E-state index < -0.39 is 26.6 Å². The molecule has 1 unspecified atom stereocenters. The summed E-state index contributed by atoms with van der Waals surface area (Å²) < 4.78 is 52.5. The molecule has 108 valence electrons. The Bertz CT molecular complexity index is 529. The zero-order valence-electron chi connectivity index (χ0n) is 11.3. The first-order valence-electron chi connectivity index (χ1n) is 6.19. The minimum atomic E-state index is -3.95. The maximum absolute atomic E-state index is 13.5. The van der Waals surface area contributed by atoms with Crippen LogP contribution in [0.5, 0.6) is 0 Å². The van der Waals surface area contributed by atoms with Crippen molar-refractivity contribution in [3.63, 3.8) is 0 Å². The number of sulfonamides is 1. The van der Waals surface area contributed by atoms with Gasteiger partial charge in [0.2, 0.25) is 10.0 Å². The predicted octanol–water partition coefficient (Wildman–Crippen LogP) is 3.07. The van der Waals surface area contributed by atoms with E-state index >= 15 is 0 Å². The van der Waals surface area contributed by atoms with Crippen LogP contribution >= 0.6 is 0 Å². The third kappa shape index (κ3) is 4.87. The van der Waals surface area contributed by atoms with Gasteiger partial charge in [0.25, 0.3) is 0 Å². The van der Waals surface area contributed by atoms with Gasteiger partial charge in [0.1, 0.15) is 16.5 Å². The summed E-state index contributed by atoms with van der Waals surface area (Å²) in [5, 5.41) is 0. The molecule has 1 aromatic carbocycles. The summed E-state index contributed by atoms with van der Waals surface area (Å²) in [6.45, 7) is 5.81. The van der Waals surface area contributed by atoms with Gasteiger partial charge in [-0.25, -0.2) is 21.9 Å². The summed E-state index contributed by atoms with van der Waals surface area (Å²) in [4.78, 5) is -0.523. The Morgan fingerprint density at radius 1 is 1.16 bits per heavy atom. The fraction of sp³-hybridized carbons (Fsp3) is 0.538. The second-order valence-electron chi connectivity index (χ2n) is 5.07. The van der Waals surface area contributed by atoms with Gasteiger partial charge in [-0.05, 0) is 37.8 Å². The summed E-state index contributed by atoms with van der Waals surface area (Å²) in [5.74, 6) is -1.41. The summed E-state index contributed by atoms with van der Waals surface area (Å²) in [7, 11) is -3.95. The van der Waals surface area contributed by atoms with Crippen molar-refractivity contribution >= 4 is 10.0 Å². The molecule has 0 aliphatic rings. The van der Waals surface area contributed by atoms with Crippen molar-refractivity contribution in [3.05, 3.63) is 29.8 Å². The lowest BCUT2D eigenvalue weighted by molar-refractivity contribution is 0.482. The Kier molecular flexibility index (Phi) is 5.43. The topological polar surface area (TPSA) is 46.2 Å². The Balaban J connectivity index is 2.81. The number of benzene rings is 1. The molecule has 0 radical (unpaired) electrons. The highest BCUT2D eigenvalue weighted by molar-refractivity contribution is 7.89. The Labute approximate surface area is 113 Å². The molecule has 0 spiro atoms. The third-order valence-electron chi connectivity index (χ3n) is 2.72. The molecule has 3 nitrogen and oxygen atoms in total.